The maximum atomic E-state index is 12.7. The first-order valence-electron chi connectivity index (χ1n) is 7.37. The largest absolute Gasteiger partial charge is 0.326 e. The molecule has 1 N–H and O–H groups in total. The SMILES string of the molecule is O=c1[nH]cc(S(=O)(=O)N2CCC3CCCCC3C2)cc1Cl. The van der Waals surface area contributed by atoms with Crippen LogP contribution in [0.3, 0.4) is 0 Å². The molecule has 7 heteroatoms. The lowest BCUT2D eigenvalue weighted by atomic mass is 9.76. The van der Waals surface area contributed by atoms with E-state index in [0.29, 0.717) is 24.9 Å². The summed E-state index contributed by atoms with van der Waals surface area (Å²) in [4.78, 5) is 13.7. The van der Waals surface area contributed by atoms with Crippen molar-refractivity contribution in [1.29, 1.82) is 0 Å². The normalized spacial score (nSPS) is 27.3. The van der Waals surface area contributed by atoms with Crippen molar-refractivity contribution in [3.63, 3.8) is 0 Å². The van der Waals surface area contributed by atoms with Gasteiger partial charge in [-0.1, -0.05) is 30.9 Å². The summed E-state index contributed by atoms with van der Waals surface area (Å²) in [6.45, 7) is 1.14. The Morgan fingerprint density at radius 2 is 1.90 bits per heavy atom. The van der Waals surface area contributed by atoms with E-state index in [9.17, 15) is 13.2 Å². The lowest BCUT2D eigenvalue weighted by Crippen LogP contribution is -2.44. The zero-order valence-corrected chi connectivity index (χ0v) is 13.3. The molecule has 0 amide bonds. The lowest BCUT2D eigenvalue weighted by molar-refractivity contribution is 0.136. The number of halogens is 1. The number of pyridine rings is 1. The molecule has 1 aromatic rings. The van der Waals surface area contributed by atoms with Crippen molar-refractivity contribution in [2.75, 3.05) is 13.1 Å². The average Bonchev–Trinajstić information content (AvgIpc) is 2.49. The summed E-state index contributed by atoms with van der Waals surface area (Å²) in [6.07, 6.45) is 6.96. The highest BCUT2D eigenvalue weighted by Crippen LogP contribution is 2.37. The molecule has 0 spiro atoms. The number of rotatable bonds is 2. The van der Waals surface area contributed by atoms with Gasteiger partial charge in [0.1, 0.15) is 5.02 Å². The highest BCUT2D eigenvalue weighted by Gasteiger charge is 2.36. The number of sulfonamides is 1. The summed E-state index contributed by atoms with van der Waals surface area (Å²) < 4.78 is 26.9. The minimum absolute atomic E-state index is 0.0707. The molecular weight excluding hydrogens is 312 g/mol. The van der Waals surface area contributed by atoms with Gasteiger partial charge in [0.25, 0.3) is 5.56 Å². The smallest absolute Gasteiger partial charge is 0.266 e. The average molecular weight is 331 g/mol. The van der Waals surface area contributed by atoms with Gasteiger partial charge in [-0.2, -0.15) is 4.31 Å². The Morgan fingerprint density at radius 1 is 1.19 bits per heavy atom. The monoisotopic (exact) mass is 330 g/mol. The summed E-state index contributed by atoms with van der Waals surface area (Å²) in [5.74, 6) is 1.14. The summed E-state index contributed by atoms with van der Waals surface area (Å²) in [5, 5.41) is -0.0939. The highest BCUT2D eigenvalue weighted by molar-refractivity contribution is 7.89. The molecule has 21 heavy (non-hydrogen) atoms. The standard InChI is InChI=1S/C14H19ClN2O3S/c15-13-7-12(8-16-14(13)18)21(19,20)17-6-5-10-3-1-2-4-11(10)9-17/h7-8,10-11H,1-6,9H2,(H,16,18). The number of H-pyrrole nitrogens is 1. The van der Waals surface area contributed by atoms with E-state index in [-0.39, 0.29) is 9.92 Å². The fourth-order valence-electron chi connectivity index (χ4n) is 3.52. The van der Waals surface area contributed by atoms with E-state index in [4.69, 9.17) is 11.6 Å². The van der Waals surface area contributed by atoms with Crippen LogP contribution in [0.2, 0.25) is 5.02 Å². The number of aromatic nitrogens is 1. The zero-order valence-electron chi connectivity index (χ0n) is 11.7. The molecule has 2 fully saturated rings. The van der Waals surface area contributed by atoms with Crippen LogP contribution in [0.15, 0.2) is 22.0 Å². The number of hydrogen-bond acceptors (Lipinski definition) is 3. The van der Waals surface area contributed by atoms with Crippen molar-refractivity contribution in [3.05, 3.63) is 27.6 Å². The van der Waals surface area contributed by atoms with E-state index in [1.165, 1.54) is 31.5 Å². The number of piperidine rings is 1. The maximum absolute atomic E-state index is 12.7. The predicted octanol–water partition coefficient (Wildman–Crippen LogP) is 2.23. The molecule has 116 valence electrons. The topological polar surface area (TPSA) is 70.2 Å². The van der Waals surface area contributed by atoms with Gasteiger partial charge in [0.2, 0.25) is 10.0 Å². The number of aromatic amines is 1. The van der Waals surface area contributed by atoms with Gasteiger partial charge >= 0.3 is 0 Å². The number of nitrogens with zero attached hydrogens (tertiary/aromatic N) is 1. The number of nitrogens with one attached hydrogen (secondary N) is 1. The summed E-state index contributed by atoms with van der Waals surface area (Å²) in [7, 11) is -3.57. The van der Waals surface area contributed by atoms with Gasteiger partial charge in [0, 0.05) is 19.3 Å². The van der Waals surface area contributed by atoms with Gasteiger partial charge in [-0.15, -0.1) is 0 Å². The van der Waals surface area contributed by atoms with Gasteiger partial charge in [-0.05, 0) is 30.7 Å². The Labute approximate surface area is 129 Å². The fraction of sp³-hybridized carbons (Fsp3) is 0.643. The van der Waals surface area contributed by atoms with Gasteiger partial charge in [-0.3, -0.25) is 4.79 Å². The predicted molar refractivity (Wildman–Crippen MR) is 80.9 cm³/mol. The number of hydrogen-bond donors (Lipinski definition) is 1. The van der Waals surface area contributed by atoms with E-state index in [1.807, 2.05) is 0 Å². The van der Waals surface area contributed by atoms with Crippen molar-refractivity contribution in [2.24, 2.45) is 11.8 Å². The van der Waals surface area contributed by atoms with E-state index < -0.39 is 15.6 Å². The quantitative estimate of drug-likeness (QED) is 0.904. The van der Waals surface area contributed by atoms with Crippen LogP contribution in [0.5, 0.6) is 0 Å². The molecule has 0 radical (unpaired) electrons. The Morgan fingerprint density at radius 3 is 2.62 bits per heavy atom. The van der Waals surface area contributed by atoms with Crippen molar-refractivity contribution < 1.29 is 8.42 Å². The Bertz CT molecular complexity index is 686. The van der Waals surface area contributed by atoms with Crippen LogP contribution < -0.4 is 5.56 Å². The second-order valence-electron chi connectivity index (χ2n) is 5.97. The lowest BCUT2D eigenvalue weighted by Gasteiger charge is -2.40. The molecule has 2 aliphatic rings. The summed E-state index contributed by atoms with van der Waals surface area (Å²) >= 11 is 5.74. The van der Waals surface area contributed by atoms with Gasteiger partial charge in [-0.25, -0.2) is 8.42 Å². The van der Waals surface area contributed by atoms with E-state index >= 15 is 0 Å². The van der Waals surface area contributed by atoms with Crippen LogP contribution in [0.1, 0.15) is 32.1 Å². The minimum Gasteiger partial charge on any atom is -0.326 e. The van der Waals surface area contributed by atoms with Crippen LogP contribution in [-0.2, 0) is 10.0 Å². The van der Waals surface area contributed by atoms with Crippen molar-refractivity contribution in [2.45, 2.75) is 37.0 Å². The number of fused-ring (bicyclic) bond motifs is 1. The van der Waals surface area contributed by atoms with Crippen LogP contribution >= 0.6 is 11.6 Å². The van der Waals surface area contributed by atoms with E-state index in [0.717, 1.165) is 12.8 Å². The van der Waals surface area contributed by atoms with Crippen LogP contribution in [0.4, 0.5) is 0 Å². The summed E-state index contributed by atoms with van der Waals surface area (Å²) in [5.41, 5.74) is -0.471. The second-order valence-corrected chi connectivity index (χ2v) is 8.31. The van der Waals surface area contributed by atoms with Crippen molar-refractivity contribution >= 4 is 21.6 Å². The van der Waals surface area contributed by atoms with Crippen LogP contribution in [0, 0.1) is 11.8 Å². The molecule has 1 saturated carbocycles. The Balaban J connectivity index is 1.84. The Hall–Kier alpha value is -0.850. The summed E-state index contributed by atoms with van der Waals surface area (Å²) in [6, 6.07) is 1.24. The second kappa shape index (κ2) is 5.74. The first-order chi connectivity index (χ1) is 9.98. The molecule has 2 atom stereocenters. The highest BCUT2D eigenvalue weighted by atomic mass is 35.5. The molecular formula is C14H19ClN2O3S. The van der Waals surface area contributed by atoms with Crippen molar-refractivity contribution in [3.8, 4) is 0 Å². The first-order valence-corrected chi connectivity index (χ1v) is 9.18. The third-order valence-corrected chi connectivity index (χ3v) is 6.85. The molecule has 1 aromatic heterocycles. The van der Waals surface area contributed by atoms with Crippen LogP contribution in [-0.4, -0.2) is 30.8 Å². The molecule has 1 aliphatic heterocycles. The Kier molecular flexibility index (Phi) is 4.12. The minimum atomic E-state index is -3.57. The first kappa shape index (κ1) is 15.1. The van der Waals surface area contributed by atoms with Crippen molar-refractivity contribution in [1.82, 2.24) is 9.29 Å². The molecule has 2 unspecified atom stereocenters. The van der Waals surface area contributed by atoms with Gasteiger partial charge in [0.05, 0.1) is 4.90 Å². The molecule has 1 aliphatic carbocycles. The van der Waals surface area contributed by atoms with E-state index in [1.54, 1.807) is 4.31 Å². The molecule has 2 heterocycles. The molecule has 0 bridgehead atoms. The van der Waals surface area contributed by atoms with Gasteiger partial charge < -0.3 is 4.98 Å². The molecule has 1 saturated heterocycles. The molecule has 0 aromatic carbocycles. The molecule has 5 nitrogen and oxygen atoms in total. The third kappa shape index (κ3) is 2.89. The third-order valence-electron chi connectivity index (χ3n) is 4.72. The van der Waals surface area contributed by atoms with Gasteiger partial charge in [0.15, 0.2) is 0 Å². The molecule has 3 rings (SSSR count). The van der Waals surface area contributed by atoms with Crippen LogP contribution in [0.25, 0.3) is 0 Å². The fourth-order valence-corrected chi connectivity index (χ4v) is 5.26. The zero-order chi connectivity index (χ0) is 15.0. The van der Waals surface area contributed by atoms with E-state index in [2.05, 4.69) is 4.98 Å². The maximum Gasteiger partial charge on any atom is 0.266 e.